The molecule has 0 spiro atoms. The van der Waals surface area contributed by atoms with E-state index in [1.807, 2.05) is 0 Å². The zero-order chi connectivity index (χ0) is 14.4. The highest BCUT2D eigenvalue weighted by molar-refractivity contribution is 5.76. The average Bonchev–Trinajstić information content (AvgIpc) is 2.36. The van der Waals surface area contributed by atoms with E-state index in [9.17, 15) is 19.8 Å². The average molecular weight is 268 g/mol. The van der Waals surface area contributed by atoms with E-state index < -0.39 is 18.0 Å². The summed E-state index contributed by atoms with van der Waals surface area (Å²) in [6, 6.07) is 4.36. The molecule has 0 saturated carbocycles. The van der Waals surface area contributed by atoms with Crippen LogP contribution in [-0.2, 0) is 20.7 Å². The summed E-state index contributed by atoms with van der Waals surface area (Å²) >= 11 is 0. The zero-order valence-electron chi connectivity index (χ0n) is 10.5. The molecule has 0 aliphatic carbocycles. The second-order valence-electron chi connectivity index (χ2n) is 3.90. The third kappa shape index (κ3) is 3.96. The van der Waals surface area contributed by atoms with E-state index in [2.05, 4.69) is 0 Å². The Balaban J connectivity index is 2.91. The van der Waals surface area contributed by atoms with Crippen LogP contribution in [0.3, 0.4) is 0 Å². The van der Waals surface area contributed by atoms with Gasteiger partial charge >= 0.3 is 11.9 Å². The van der Waals surface area contributed by atoms with Gasteiger partial charge in [0.05, 0.1) is 6.61 Å². The number of phenolic OH excluding ortho intramolecular Hbond substituents is 1. The van der Waals surface area contributed by atoms with Crippen molar-refractivity contribution < 1.29 is 29.6 Å². The number of benzene rings is 1. The van der Waals surface area contributed by atoms with Crippen LogP contribution in [0.4, 0.5) is 0 Å². The first kappa shape index (κ1) is 15.0. The molecule has 104 valence electrons. The van der Waals surface area contributed by atoms with Gasteiger partial charge in [-0.3, -0.25) is 4.79 Å². The molecule has 0 fully saturated rings. The molecule has 1 atom stereocenters. The fraction of sp³-hybridized carbons (Fsp3) is 0.385. The number of hydrogen-bond donors (Lipinski definition) is 3. The molecule has 0 heterocycles. The maximum absolute atomic E-state index is 11.3. The molecule has 6 heteroatoms. The lowest BCUT2D eigenvalue weighted by Gasteiger charge is -2.13. The van der Waals surface area contributed by atoms with E-state index in [0.717, 1.165) is 0 Å². The maximum Gasteiger partial charge on any atom is 0.337 e. The molecule has 0 saturated heterocycles. The number of aliphatic hydroxyl groups excluding tert-OH is 1. The predicted octanol–water partition coefficient (Wildman–Crippen LogP) is 1.01. The van der Waals surface area contributed by atoms with Gasteiger partial charge < -0.3 is 20.1 Å². The number of aliphatic hydroxyl groups is 1. The molecule has 0 aliphatic heterocycles. The molecule has 0 radical (unpaired) electrons. The molecule has 1 aromatic carbocycles. The molecule has 0 aliphatic rings. The minimum absolute atomic E-state index is 0.0522. The number of esters is 1. The fourth-order valence-electron chi connectivity index (χ4n) is 1.73. The topological polar surface area (TPSA) is 104 Å². The zero-order valence-corrected chi connectivity index (χ0v) is 10.5. The second-order valence-corrected chi connectivity index (χ2v) is 3.90. The summed E-state index contributed by atoms with van der Waals surface area (Å²) in [4.78, 5) is 22.0. The van der Waals surface area contributed by atoms with Crippen LogP contribution >= 0.6 is 0 Å². The molecule has 19 heavy (non-hydrogen) atoms. The highest BCUT2D eigenvalue weighted by Gasteiger charge is 2.23. The summed E-state index contributed by atoms with van der Waals surface area (Å²) in [6.45, 7) is 1.95. The van der Waals surface area contributed by atoms with Gasteiger partial charge in [-0.2, -0.15) is 0 Å². The van der Waals surface area contributed by atoms with Crippen LogP contribution in [0.1, 0.15) is 30.6 Å². The van der Waals surface area contributed by atoms with Crippen LogP contribution in [0.15, 0.2) is 18.2 Å². The number of carboxylic acids is 1. The first-order valence-corrected chi connectivity index (χ1v) is 5.84. The molecule has 0 aromatic heterocycles. The Kier molecular flexibility index (Phi) is 5.32. The van der Waals surface area contributed by atoms with Crippen molar-refractivity contribution >= 4 is 11.9 Å². The van der Waals surface area contributed by atoms with Gasteiger partial charge in [0.1, 0.15) is 5.75 Å². The van der Waals surface area contributed by atoms with Crippen molar-refractivity contribution in [1.29, 1.82) is 0 Å². The first-order chi connectivity index (χ1) is 8.97. The number of aliphatic carboxylic acids is 1. The molecule has 1 unspecified atom stereocenters. The van der Waals surface area contributed by atoms with Crippen LogP contribution in [0.5, 0.6) is 5.75 Å². The van der Waals surface area contributed by atoms with Gasteiger partial charge in [0, 0.05) is 12.0 Å². The Morgan fingerprint density at radius 3 is 2.63 bits per heavy atom. The van der Waals surface area contributed by atoms with Gasteiger partial charge in [0.2, 0.25) is 0 Å². The lowest BCUT2D eigenvalue weighted by atomic mass is 9.97. The van der Waals surface area contributed by atoms with Gasteiger partial charge in [-0.1, -0.05) is 12.1 Å². The van der Waals surface area contributed by atoms with Crippen LogP contribution in [0, 0.1) is 0 Å². The lowest BCUT2D eigenvalue weighted by molar-refractivity contribution is -0.147. The van der Waals surface area contributed by atoms with Crippen molar-refractivity contribution in [2.45, 2.75) is 25.9 Å². The Labute approximate surface area is 110 Å². The summed E-state index contributed by atoms with van der Waals surface area (Å²) < 4.78 is 4.76. The van der Waals surface area contributed by atoms with E-state index >= 15 is 0 Å². The maximum atomic E-state index is 11.3. The highest BCUT2D eigenvalue weighted by Crippen LogP contribution is 2.29. The summed E-state index contributed by atoms with van der Waals surface area (Å²) in [6.07, 6.45) is -1.58. The van der Waals surface area contributed by atoms with Gasteiger partial charge in [-0.25, -0.2) is 4.79 Å². The predicted molar refractivity (Wildman–Crippen MR) is 65.7 cm³/mol. The normalized spacial score (nSPS) is 11.9. The van der Waals surface area contributed by atoms with E-state index in [1.165, 1.54) is 12.1 Å². The van der Waals surface area contributed by atoms with E-state index in [-0.39, 0.29) is 30.8 Å². The third-order valence-electron chi connectivity index (χ3n) is 2.58. The smallest absolute Gasteiger partial charge is 0.337 e. The minimum atomic E-state index is -1.82. The van der Waals surface area contributed by atoms with E-state index in [0.29, 0.717) is 5.56 Å². The van der Waals surface area contributed by atoms with Gasteiger partial charge in [-0.05, 0) is 25.0 Å². The molecule has 3 N–H and O–H groups in total. The summed E-state index contributed by atoms with van der Waals surface area (Å²) in [5.74, 6) is -2.18. The quantitative estimate of drug-likeness (QED) is 0.665. The lowest BCUT2D eigenvalue weighted by Crippen LogP contribution is -2.14. The molecule has 0 bridgehead atoms. The van der Waals surface area contributed by atoms with Crippen LogP contribution < -0.4 is 0 Å². The Morgan fingerprint density at radius 1 is 1.37 bits per heavy atom. The standard InChI is InChI=1S/C13H16O6/c1-2-19-10(15)7-6-8-4-3-5-9(14)11(8)12(16)13(17)18/h3-5,12,14,16H,2,6-7H2,1H3,(H,17,18). The Hall–Kier alpha value is -2.08. The van der Waals surface area contributed by atoms with Gasteiger partial charge in [0.15, 0.2) is 6.10 Å². The largest absolute Gasteiger partial charge is 0.508 e. The molecule has 6 nitrogen and oxygen atoms in total. The SMILES string of the molecule is CCOC(=O)CCc1cccc(O)c1C(O)C(=O)O. The van der Waals surface area contributed by atoms with Crippen LogP contribution in [0.25, 0.3) is 0 Å². The third-order valence-corrected chi connectivity index (χ3v) is 2.58. The number of aryl methyl sites for hydroxylation is 1. The van der Waals surface area contributed by atoms with Crippen molar-refractivity contribution in [2.24, 2.45) is 0 Å². The molecule has 0 amide bonds. The molecular weight excluding hydrogens is 252 g/mol. The fourth-order valence-corrected chi connectivity index (χ4v) is 1.73. The van der Waals surface area contributed by atoms with Gasteiger partial charge in [0.25, 0.3) is 0 Å². The first-order valence-electron chi connectivity index (χ1n) is 5.84. The minimum Gasteiger partial charge on any atom is -0.508 e. The number of phenols is 1. The Bertz CT molecular complexity index is 468. The number of carbonyl (C=O) groups excluding carboxylic acids is 1. The van der Waals surface area contributed by atoms with E-state index in [4.69, 9.17) is 9.84 Å². The number of ether oxygens (including phenoxy) is 1. The molecule has 1 aromatic rings. The number of aromatic hydroxyl groups is 1. The molecule has 1 rings (SSSR count). The number of rotatable bonds is 6. The summed E-state index contributed by atoms with van der Waals surface area (Å²) in [7, 11) is 0. The van der Waals surface area contributed by atoms with Crippen LogP contribution in [-0.4, -0.2) is 33.9 Å². The summed E-state index contributed by atoms with van der Waals surface area (Å²) in [5, 5.41) is 28.0. The summed E-state index contributed by atoms with van der Waals surface area (Å²) in [5.41, 5.74) is 0.322. The second kappa shape index (κ2) is 6.75. The van der Waals surface area contributed by atoms with Crippen molar-refractivity contribution in [3.8, 4) is 5.75 Å². The van der Waals surface area contributed by atoms with Crippen molar-refractivity contribution in [3.63, 3.8) is 0 Å². The Morgan fingerprint density at radius 2 is 2.05 bits per heavy atom. The number of carboxylic acid groups (broad SMARTS) is 1. The van der Waals surface area contributed by atoms with Crippen LogP contribution in [0.2, 0.25) is 0 Å². The van der Waals surface area contributed by atoms with Crippen molar-refractivity contribution in [1.82, 2.24) is 0 Å². The monoisotopic (exact) mass is 268 g/mol. The van der Waals surface area contributed by atoms with Crippen molar-refractivity contribution in [2.75, 3.05) is 6.61 Å². The van der Waals surface area contributed by atoms with Gasteiger partial charge in [-0.15, -0.1) is 0 Å². The van der Waals surface area contributed by atoms with Crippen molar-refractivity contribution in [3.05, 3.63) is 29.3 Å². The number of hydrogen-bond acceptors (Lipinski definition) is 5. The number of carbonyl (C=O) groups is 2. The molecular formula is C13H16O6. The highest BCUT2D eigenvalue weighted by atomic mass is 16.5. The van der Waals surface area contributed by atoms with E-state index in [1.54, 1.807) is 13.0 Å².